The molecule has 0 radical (unpaired) electrons. The summed E-state index contributed by atoms with van der Waals surface area (Å²) >= 11 is 0. The van der Waals surface area contributed by atoms with Crippen molar-refractivity contribution < 1.29 is 4.42 Å². The first-order valence-electron chi connectivity index (χ1n) is 13.9. The molecule has 7 rings (SSSR count). The summed E-state index contributed by atoms with van der Waals surface area (Å²) < 4.78 is 6.32. The Morgan fingerprint density at radius 3 is 2.20 bits per heavy atom. The summed E-state index contributed by atoms with van der Waals surface area (Å²) in [6, 6.07) is 40.1. The third kappa shape index (κ3) is 4.15. The third-order valence-electron chi connectivity index (χ3n) is 8.34. The van der Waals surface area contributed by atoms with Gasteiger partial charge in [0.05, 0.1) is 12.2 Å². The van der Waals surface area contributed by atoms with Crippen molar-refractivity contribution in [1.29, 1.82) is 0 Å². The van der Waals surface area contributed by atoms with Gasteiger partial charge in [0.15, 0.2) is 0 Å². The Labute approximate surface area is 235 Å². The maximum absolute atomic E-state index is 6.65. The minimum Gasteiger partial charge on any atom is -0.459 e. The van der Waals surface area contributed by atoms with E-state index >= 15 is 0 Å². The number of nitrogens with one attached hydrogen (secondary N) is 1. The minimum absolute atomic E-state index is 0.0788. The van der Waals surface area contributed by atoms with E-state index in [1.54, 1.807) is 0 Å². The number of benzene rings is 5. The van der Waals surface area contributed by atoms with Gasteiger partial charge in [-0.15, -0.1) is 0 Å². The molecular weight excluding hydrogens is 488 g/mol. The van der Waals surface area contributed by atoms with Gasteiger partial charge in [0, 0.05) is 10.8 Å². The Bertz CT molecular complexity index is 1850. The number of fused-ring (bicyclic) bond motifs is 5. The summed E-state index contributed by atoms with van der Waals surface area (Å²) in [5.74, 6) is 0.836. The Balaban J connectivity index is 1.32. The Morgan fingerprint density at radius 1 is 0.725 bits per heavy atom. The molecule has 0 fully saturated rings. The minimum atomic E-state index is -0.350. The van der Waals surface area contributed by atoms with Gasteiger partial charge in [-0.05, 0) is 68.4 Å². The molecule has 0 saturated carbocycles. The maximum atomic E-state index is 6.65. The number of para-hydroxylation sites is 1. The number of nitrogens with two attached hydrogens (primary N) is 1. The molecule has 3 heteroatoms. The lowest BCUT2D eigenvalue weighted by Crippen LogP contribution is -2.31. The molecule has 196 valence electrons. The van der Waals surface area contributed by atoms with Crippen LogP contribution in [0.1, 0.15) is 54.1 Å². The molecule has 1 heterocycles. The van der Waals surface area contributed by atoms with E-state index in [1.165, 1.54) is 38.6 Å². The normalized spacial score (nSPS) is 15.4. The Hall–Kier alpha value is -4.44. The van der Waals surface area contributed by atoms with Crippen LogP contribution in [0.3, 0.4) is 0 Å². The molecule has 6 aromatic rings. The quantitative estimate of drug-likeness (QED) is 0.216. The molecule has 0 spiro atoms. The van der Waals surface area contributed by atoms with Crippen LogP contribution in [-0.2, 0) is 5.41 Å². The monoisotopic (exact) mass is 520 g/mol. The van der Waals surface area contributed by atoms with E-state index in [2.05, 4.69) is 98.0 Å². The molecule has 0 bridgehead atoms. The number of hydrogen-bond donors (Lipinski definition) is 2. The molecule has 5 aromatic carbocycles. The first-order valence-corrected chi connectivity index (χ1v) is 13.9. The summed E-state index contributed by atoms with van der Waals surface area (Å²) in [5.41, 5.74) is 15.0. The van der Waals surface area contributed by atoms with Crippen molar-refractivity contribution in [3.05, 3.63) is 149 Å². The van der Waals surface area contributed by atoms with Crippen molar-refractivity contribution in [2.45, 2.75) is 31.5 Å². The number of furan rings is 1. The molecular formula is C37H32N2O. The van der Waals surface area contributed by atoms with Gasteiger partial charge in [-0.2, -0.15) is 0 Å². The number of rotatable bonds is 6. The average molecular weight is 521 g/mol. The molecule has 0 aliphatic heterocycles. The molecule has 3 nitrogen and oxygen atoms in total. The zero-order valence-corrected chi connectivity index (χ0v) is 22.8. The molecule has 0 saturated heterocycles. The van der Waals surface area contributed by atoms with Crippen LogP contribution in [0.25, 0.3) is 38.9 Å². The first-order chi connectivity index (χ1) is 19.5. The maximum Gasteiger partial charge on any atom is 0.134 e. The Morgan fingerprint density at radius 2 is 1.43 bits per heavy atom. The van der Waals surface area contributed by atoms with Gasteiger partial charge >= 0.3 is 0 Å². The van der Waals surface area contributed by atoms with E-state index in [0.717, 1.165) is 22.3 Å². The second kappa shape index (κ2) is 9.63. The van der Waals surface area contributed by atoms with Gasteiger partial charge in [0.25, 0.3) is 0 Å². The Kier molecular flexibility index (Phi) is 5.92. The van der Waals surface area contributed by atoms with Crippen molar-refractivity contribution in [3.8, 4) is 11.1 Å². The molecule has 1 aliphatic carbocycles. The van der Waals surface area contributed by atoms with E-state index < -0.39 is 0 Å². The summed E-state index contributed by atoms with van der Waals surface area (Å²) in [5, 5.41) is 7.23. The highest BCUT2D eigenvalue weighted by Crippen LogP contribution is 2.51. The van der Waals surface area contributed by atoms with Crippen molar-refractivity contribution in [2.24, 2.45) is 5.73 Å². The molecule has 3 N–H and O–H groups in total. The van der Waals surface area contributed by atoms with Crippen LogP contribution in [0, 0.1) is 0 Å². The fraction of sp³-hybridized carbons (Fsp3) is 0.135. The highest BCUT2D eigenvalue weighted by atomic mass is 16.3. The topological polar surface area (TPSA) is 51.2 Å². The lowest BCUT2D eigenvalue weighted by molar-refractivity contribution is 0.435. The van der Waals surface area contributed by atoms with E-state index in [1.807, 2.05) is 48.5 Å². The summed E-state index contributed by atoms with van der Waals surface area (Å²) in [7, 11) is 0. The van der Waals surface area contributed by atoms with E-state index in [4.69, 9.17) is 10.2 Å². The predicted molar refractivity (Wildman–Crippen MR) is 166 cm³/mol. The SMILES string of the molecule is CC1(C)c2cc3ccccc3cc2-c2c(/C=C/C(NC(N)c3ccccc3)c3cc4ccccc4o3)cccc21. The lowest BCUT2D eigenvalue weighted by atomic mass is 9.81. The van der Waals surface area contributed by atoms with Gasteiger partial charge in [-0.3, -0.25) is 5.32 Å². The van der Waals surface area contributed by atoms with Gasteiger partial charge in [0.1, 0.15) is 11.3 Å². The average Bonchev–Trinajstić information content (AvgIpc) is 3.51. The first kappa shape index (κ1) is 24.6. The second-order valence-electron chi connectivity index (χ2n) is 11.2. The third-order valence-corrected chi connectivity index (χ3v) is 8.34. The van der Waals surface area contributed by atoms with E-state index in [-0.39, 0.29) is 17.6 Å². The molecule has 40 heavy (non-hydrogen) atoms. The van der Waals surface area contributed by atoms with Crippen LogP contribution < -0.4 is 11.1 Å². The van der Waals surface area contributed by atoms with Gasteiger partial charge in [-0.1, -0.05) is 117 Å². The van der Waals surface area contributed by atoms with Gasteiger partial charge < -0.3 is 10.2 Å². The van der Waals surface area contributed by atoms with Crippen LogP contribution in [0.5, 0.6) is 0 Å². The fourth-order valence-electron chi connectivity index (χ4n) is 6.18. The summed E-state index contributed by atoms with van der Waals surface area (Å²) in [6.45, 7) is 4.66. The lowest BCUT2D eigenvalue weighted by Gasteiger charge is -2.22. The zero-order chi connectivity index (χ0) is 27.3. The van der Waals surface area contributed by atoms with Gasteiger partial charge in [0.2, 0.25) is 0 Å². The second-order valence-corrected chi connectivity index (χ2v) is 11.2. The van der Waals surface area contributed by atoms with Crippen LogP contribution in [0.15, 0.2) is 126 Å². The largest absolute Gasteiger partial charge is 0.459 e. The number of hydrogen-bond acceptors (Lipinski definition) is 3. The van der Waals surface area contributed by atoms with Crippen LogP contribution in [-0.4, -0.2) is 0 Å². The fourth-order valence-corrected chi connectivity index (χ4v) is 6.18. The van der Waals surface area contributed by atoms with Crippen molar-refractivity contribution in [3.63, 3.8) is 0 Å². The van der Waals surface area contributed by atoms with Crippen LogP contribution >= 0.6 is 0 Å². The molecule has 2 atom stereocenters. The standard InChI is InChI=1S/C37H32N2O/c1-37(2)30-17-10-16-24(35(30)29-21-26-13-6-7-14-27(26)22-31(29)37)19-20-32(39-36(38)25-11-4-3-5-12-25)34-23-28-15-8-9-18-33(28)40-34/h3-23,32,36,39H,38H2,1-2H3/b20-19+. The van der Waals surface area contributed by atoms with Gasteiger partial charge in [-0.25, -0.2) is 0 Å². The van der Waals surface area contributed by atoms with E-state index in [0.29, 0.717) is 0 Å². The van der Waals surface area contributed by atoms with Crippen LogP contribution in [0.4, 0.5) is 0 Å². The molecule has 1 aliphatic rings. The molecule has 1 aromatic heterocycles. The summed E-state index contributed by atoms with van der Waals surface area (Å²) in [6.07, 6.45) is 4.06. The van der Waals surface area contributed by atoms with E-state index in [9.17, 15) is 0 Å². The van der Waals surface area contributed by atoms with Crippen molar-refractivity contribution in [2.75, 3.05) is 0 Å². The highest BCUT2D eigenvalue weighted by Gasteiger charge is 2.36. The summed E-state index contributed by atoms with van der Waals surface area (Å²) in [4.78, 5) is 0. The van der Waals surface area contributed by atoms with Crippen molar-refractivity contribution in [1.82, 2.24) is 5.32 Å². The molecule has 0 amide bonds. The molecule has 2 unspecified atom stereocenters. The smallest absolute Gasteiger partial charge is 0.134 e. The predicted octanol–water partition coefficient (Wildman–Crippen LogP) is 8.89. The highest BCUT2D eigenvalue weighted by molar-refractivity contribution is 5.95. The van der Waals surface area contributed by atoms with Crippen molar-refractivity contribution >= 4 is 27.8 Å². The van der Waals surface area contributed by atoms with Crippen LogP contribution in [0.2, 0.25) is 0 Å². The zero-order valence-electron chi connectivity index (χ0n) is 22.8.